The van der Waals surface area contributed by atoms with Crippen molar-refractivity contribution >= 4 is 0 Å². The van der Waals surface area contributed by atoms with Gasteiger partial charge in [0.25, 0.3) is 0 Å². The Bertz CT molecular complexity index is 321. The maximum absolute atomic E-state index is 8.96. The van der Waals surface area contributed by atoms with Gasteiger partial charge < -0.3 is 19.9 Å². The van der Waals surface area contributed by atoms with Crippen molar-refractivity contribution in [2.24, 2.45) is 0 Å². The van der Waals surface area contributed by atoms with Gasteiger partial charge in [0.2, 0.25) is 0 Å². The lowest BCUT2D eigenvalue weighted by Crippen LogP contribution is -2.24. The van der Waals surface area contributed by atoms with Gasteiger partial charge in [0.1, 0.15) is 0 Å². The molecule has 0 amide bonds. The van der Waals surface area contributed by atoms with Crippen LogP contribution in [0.2, 0.25) is 0 Å². The van der Waals surface area contributed by atoms with Gasteiger partial charge in [-0.15, -0.1) is 0 Å². The minimum Gasteiger partial charge on any atom is -0.392 e. The van der Waals surface area contributed by atoms with Crippen molar-refractivity contribution in [2.45, 2.75) is 39.7 Å². The summed E-state index contributed by atoms with van der Waals surface area (Å²) in [6, 6.07) is 7.95. The monoisotopic (exact) mass is 267 g/mol. The summed E-state index contributed by atoms with van der Waals surface area (Å²) in [5.74, 6) is 0. The minimum absolute atomic E-state index is 0.0953. The van der Waals surface area contributed by atoms with Gasteiger partial charge in [-0.3, -0.25) is 0 Å². The minimum atomic E-state index is -0.112. The molecule has 0 spiro atoms. The van der Waals surface area contributed by atoms with Gasteiger partial charge in [0.05, 0.1) is 6.61 Å². The molecule has 0 saturated heterocycles. The quantitative estimate of drug-likeness (QED) is 0.503. The number of ether oxygens (including phenoxy) is 2. The molecule has 0 atom stereocenters. The lowest BCUT2D eigenvalue weighted by molar-refractivity contribution is -0.138. The highest BCUT2D eigenvalue weighted by Crippen LogP contribution is 2.04. The zero-order chi connectivity index (χ0) is 13.9. The third kappa shape index (κ3) is 6.68. The van der Waals surface area contributed by atoms with Crippen LogP contribution in [-0.2, 0) is 22.6 Å². The van der Waals surface area contributed by atoms with Gasteiger partial charge in [0.15, 0.2) is 6.29 Å². The van der Waals surface area contributed by atoms with E-state index in [9.17, 15) is 0 Å². The molecule has 0 aliphatic heterocycles. The fraction of sp³-hybridized carbons (Fsp3) is 0.600. The molecule has 0 radical (unpaired) electrons. The summed E-state index contributed by atoms with van der Waals surface area (Å²) < 4.78 is 10.9. The van der Waals surface area contributed by atoms with Crippen LogP contribution in [0.15, 0.2) is 24.3 Å². The Morgan fingerprint density at radius 1 is 1.05 bits per heavy atom. The summed E-state index contributed by atoms with van der Waals surface area (Å²) in [4.78, 5) is 0. The van der Waals surface area contributed by atoms with Gasteiger partial charge in [-0.25, -0.2) is 0 Å². The van der Waals surface area contributed by atoms with Crippen molar-refractivity contribution < 1.29 is 14.6 Å². The summed E-state index contributed by atoms with van der Waals surface area (Å²) >= 11 is 0. The molecule has 0 bridgehead atoms. The Labute approximate surface area is 115 Å². The molecule has 1 aromatic carbocycles. The zero-order valence-electron chi connectivity index (χ0n) is 11.9. The maximum atomic E-state index is 8.96. The summed E-state index contributed by atoms with van der Waals surface area (Å²) in [7, 11) is 0. The number of hydrogen-bond donors (Lipinski definition) is 2. The molecular formula is C15H25NO3. The van der Waals surface area contributed by atoms with Crippen molar-refractivity contribution in [3.8, 4) is 0 Å². The van der Waals surface area contributed by atoms with E-state index in [-0.39, 0.29) is 12.9 Å². The molecule has 1 rings (SSSR count). The lowest BCUT2D eigenvalue weighted by atomic mass is 10.1. The largest absolute Gasteiger partial charge is 0.392 e. The van der Waals surface area contributed by atoms with E-state index in [2.05, 4.69) is 5.32 Å². The van der Waals surface area contributed by atoms with E-state index in [0.29, 0.717) is 13.2 Å². The molecule has 4 nitrogen and oxygen atoms in total. The van der Waals surface area contributed by atoms with E-state index < -0.39 is 0 Å². The summed E-state index contributed by atoms with van der Waals surface area (Å²) in [6.45, 7) is 7.06. The molecule has 4 heteroatoms. The highest BCUT2D eigenvalue weighted by Gasteiger charge is 2.06. The van der Waals surface area contributed by atoms with E-state index in [1.54, 1.807) is 0 Å². The third-order valence-corrected chi connectivity index (χ3v) is 2.80. The van der Waals surface area contributed by atoms with Gasteiger partial charge in [-0.1, -0.05) is 24.3 Å². The Balaban J connectivity index is 2.21. The Morgan fingerprint density at radius 3 is 2.16 bits per heavy atom. The first-order valence-electron chi connectivity index (χ1n) is 6.92. The van der Waals surface area contributed by atoms with Crippen molar-refractivity contribution in [2.75, 3.05) is 19.8 Å². The highest BCUT2D eigenvalue weighted by atomic mass is 16.7. The third-order valence-electron chi connectivity index (χ3n) is 2.80. The molecule has 0 fully saturated rings. The van der Waals surface area contributed by atoms with Crippen LogP contribution in [0.3, 0.4) is 0 Å². The number of benzene rings is 1. The molecule has 0 aliphatic rings. The van der Waals surface area contributed by atoms with Crippen LogP contribution in [0, 0.1) is 0 Å². The van der Waals surface area contributed by atoms with Crippen molar-refractivity contribution in [3.63, 3.8) is 0 Å². The second kappa shape index (κ2) is 9.92. The Hall–Kier alpha value is -0.940. The fourth-order valence-electron chi connectivity index (χ4n) is 1.80. The van der Waals surface area contributed by atoms with Crippen LogP contribution >= 0.6 is 0 Å². The summed E-state index contributed by atoms with van der Waals surface area (Å²) in [5, 5.41) is 12.3. The van der Waals surface area contributed by atoms with Crippen LogP contribution in [0.4, 0.5) is 0 Å². The number of rotatable bonds is 10. The summed E-state index contributed by atoms with van der Waals surface area (Å²) in [6.07, 6.45) is 0.732. The van der Waals surface area contributed by atoms with Gasteiger partial charge in [-0.2, -0.15) is 0 Å². The standard InChI is InChI=1S/C15H25NO3/c1-3-18-15(19-4-2)9-10-16-11-13-5-7-14(12-17)8-6-13/h5-8,15-17H,3-4,9-12H2,1-2H3. The van der Waals surface area contributed by atoms with Crippen LogP contribution < -0.4 is 5.32 Å². The first-order chi connectivity index (χ1) is 9.30. The first-order valence-corrected chi connectivity index (χ1v) is 6.92. The van der Waals surface area contributed by atoms with Gasteiger partial charge >= 0.3 is 0 Å². The molecule has 0 unspecified atom stereocenters. The average Bonchev–Trinajstić information content (AvgIpc) is 2.44. The van der Waals surface area contributed by atoms with E-state index >= 15 is 0 Å². The number of hydrogen-bond acceptors (Lipinski definition) is 4. The van der Waals surface area contributed by atoms with Crippen LogP contribution in [0.5, 0.6) is 0 Å². The molecule has 108 valence electrons. The molecular weight excluding hydrogens is 242 g/mol. The second-order valence-electron chi connectivity index (χ2n) is 4.28. The molecule has 1 aromatic rings. The zero-order valence-corrected chi connectivity index (χ0v) is 11.9. The maximum Gasteiger partial charge on any atom is 0.158 e. The van der Waals surface area contributed by atoms with Crippen molar-refractivity contribution in [1.82, 2.24) is 5.32 Å². The molecule has 0 aromatic heterocycles. The molecule has 2 N–H and O–H groups in total. The lowest BCUT2D eigenvalue weighted by Gasteiger charge is -2.17. The Kier molecular flexibility index (Phi) is 8.41. The van der Waals surface area contributed by atoms with E-state index in [0.717, 1.165) is 25.1 Å². The molecule has 0 saturated carbocycles. The summed E-state index contributed by atoms with van der Waals surface area (Å²) in [5.41, 5.74) is 2.15. The van der Waals surface area contributed by atoms with Crippen LogP contribution in [0.1, 0.15) is 31.4 Å². The highest BCUT2D eigenvalue weighted by molar-refractivity contribution is 5.21. The predicted molar refractivity (Wildman–Crippen MR) is 75.7 cm³/mol. The number of nitrogens with one attached hydrogen (secondary N) is 1. The predicted octanol–water partition coefficient (Wildman–Crippen LogP) is 2.06. The number of aliphatic hydroxyl groups is 1. The SMILES string of the molecule is CCOC(CCNCc1ccc(CO)cc1)OCC. The normalized spacial score (nSPS) is 11.2. The smallest absolute Gasteiger partial charge is 0.158 e. The molecule has 0 aliphatic carbocycles. The molecule has 0 heterocycles. The van der Waals surface area contributed by atoms with E-state index in [4.69, 9.17) is 14.6 Å². The van der Waals surface area contributed by atoms with Crippen LogP contribution in [-0.4, -0.2) is 31.2 Å². The van der Waals surface area contributed by atoms with Crippen LogP contribution in [0.25, 0.3) is 0 Å². The van der Waals surface area contributed by atoms with Crippen molar-refractivity contribution in [1.29, 1.82) is 0 Å². The van der Waals surface area contributed by atoms with E-state index in [1.165, 1.54) is 5.56 Å². The average molecular weight is 267 g/mol. The van der Waals surface area contributed by atoms with Gasteiger partial charge in [-0.05, 0) is 25.0 Å². The van der Waals surface area contributed by atoms with E-state index in [1.807, 2.05) is 38.1 Å². The first kappa shape index (κ1) is 16.1. The Morgan fingerprint density at radius 2 is 1.63 bits per heavy atom. The second-order valence-corrected chi connectivity index (χ2v) is 4.28. The topological polar surface area (TPSA) is 50.7 Å². The van der Waals surface area contributed by atoms with Crippen molar-refractivity contribution in [3.05, 3.63) is 35.4 Å². The number of aliphatic hydroxyl groups excluding tert-OH is 1. The fourth-order valence-corrected chi connectivity index (χ4v) is 1.80. The van der Waals surface area contributed by atoms with Gasteiger partial charge in [0, 0.05) is 32.7 Å². The molecule has 19 heavy (non-hydrogen) atoms.